The van der Waals surface area contributed by atoms with E-state index in [1.54, 1.807) is 12.3 Å². The van der Waals surface area contributed by atoms with Gasteiger partial charge in [-0.25, -0.2) is 4.79 Å². The van der Waals surface area contributed by atoms with Gasteiger partial charge >= 0.3 is 5.97 Å². The van der Waals surface area contributed by atoms with Gasteiger partial charge in [0, 0.05) is 35.9 Å². The van der Waals surface area contributed by atoms with E-state index in [0.29, 0.717) is 12.4 Å². The van der Waals surface area contributed by atoms with Gasteiger partial charge in [0.15, 0.2) is 0 Å². The van der Waals surface area contributed by atoms with Gasteiger partial charge < -0.3 is 9.84 Å². The van der Waals surface area contributed by atoms with Crippen LogP contribution in [0.3, 0.4) is 0 Å². The van der Waals surface area contributed by atoms with Crippen LogP contribution in [-0.4, -0.2) is 27.5 Å². The molecule has 1 N–H and O–H groups in total. The molecule has 0 bridgehead atoms. The van der Waals surface area contributed by atoms with E-state index in [1.807, 2.05) is 29.9 Å². The van der Waals surface area contributed by atoms with Gasteiger partial charge in [-0.05, 0) is 35.9 Å². The van der Waals surface area contributed by atoms with Gasteiger partial charge in [-0.2, -0.15) is 5.10 Å². The normalized spacial score (nSPS) is 11.0. The quantitative estimate of drug-likeness (QED) is 0.813. The zero-order chi connectivity index (χ0) is 15.2. The SMILES string of the molecule is Cn1nccc1CCOc1ccc(Br)c(/C=C/C(=O)O)c1. The number of ether oxygens (including phenoxy) is 1. The van der Waals surface area contributed by atoms with Crippen LogP contribution < -0.4 is 4.74 Å². The third-order valence-electron chi connectivity index (χ3n) is 2.92. The number of carboxylic acid groups (broad SMARTS) is 1. The molecule has 1 heterocycles. The number of aliphatic carboxylic acids is 1. The van der Waals surface area contributed by atoms with Gasteiger partial charge in [0.1, 0.15) is 5.75 Å². The molecule has 0 atom stereocenters. The van der Waals surface area contributed by atoms with Gasteiger partial charge in [-0.1, -0.05) is 15.9 Å². The first kappa shape index (κ1) is 15.3. The Balaban J connectivity index is 1.99. The Morgan fingerprint density at radius 3 is 2.95 bits per heavy atom. The molecule has 0 fully saturated rings. The lowest BCUT2D eigenvalue weighted by Gasteiger charge is -2.08. The second kappa shape index (κ2) is 7.08. The Labute approximate surface area is 131 Å². The van der Waals surface area contributed by atoms with E-state index in [-0.39, 0.29) is 0 Å². The maximum atomic E-state index is 10.6. The molecule has 0 aliphatic rings. The Hall–Kier alpha value is -2.08. The molecule has 6 heteroatoms. The van der Waals surface area contributed by atoms with E-state index in [1.165, 1.54) is 6.08 Å². The zero-order valence-electron chi connectivity index (χ0n) is 11.5. The summed E-state index contributed by atoms with van der Waals surface area (Å²) in [6.45, 7) is 0.531. The van der Waals surface area contributed by atoms with Crippen LogP contribution >= 0.6 is 15.9 Å². The van der Waals surface area contributed by atoms with Crippen molar-refractivity contribution in [3.8, 4) is 5.75 Å². The smallest absolute Gasteiger partial charge is 0.328 e. The van der Waals surface area contributed by atoms with E-state index < -0.39 is 5.97 Å². The fraction of sp³-hybridized carbons (Fsp3) is 0.200. The minimum absolute atomic E-state index is 0.531. The second-order valence-corrected chi connectivity index (χ2v) is 5.25. The Kier molecular flexibility index (Phi) is 5.16. The van der Waals surface area contributed by atoms with Crippen molar-refractivity contribution in [3.63, 3.8) is 0 Å². The summed E-state index contributed by atoms with van der Waals surface area (Å²) < 4.78 is 8.32. The Bertz CT molecular complexity index is 665. The van der Waals surface area contributed by atoms with Crippen LogP contribution in [0.4, 0.5) is 0 Å². The summed E-state index contributed by atoms with van der Waals surface area (Å²) in [4.78, 5) is 10.6. The number of benzene rings is 1. The van der Waals surface area contributed by atoms with Gasteiger partial charge in [0.2, 0.25) is 0 Å². The lowest BCUT2D eigenvalue weighted by Crippen LogP contribution is -2.06. The van der Waals surface area contributed by atoms with Crippen molar-refractivity contribution in [1.82, 2.24) is 9.78 Å². The van der Waals surface area contributed by atoms with Crippen LogP contribution in [0.15, 0.2) is 41.0 Å². The molecule has 0 radical (unpaired) electrons. The highest BCUT2D eigenvalue weighted by Crippen LogP contribution is 2.24. The van der Waals surface area contributed by atoms with E-state index in [4.69, 9.17) is 9.84 Å². The molecule has 0 saturated heterocycles. The molecule has 0 aliphatic carbocycles. The average molecular weight is 351 g/mol. The summed E-state index contributed by atoms with van der Waals surface area (Å²) in [6.07, 6.45) is 5.14. The minimum atomic E-state index is -0.982. The van der Waals surface area contributed by atoms with Crippen LogP contribution in [0.2, 0.25) is 0 Å². The first-order valence-electron chi connectivity index (χ1n) is 6.36. The molecule has 110 valence electrons. The third-order valence-corrected chi connectivity index (χ3v) is 3.64. The second-order valence-electron chi connectivity index (χ2n) is 4.40. The molecule has 0 saturated carbocycles. The highest BCUT2D eigenvalue weighted by molar-refractivity contribution is 9.10. The molecule has 0 amide bonds. The van der Waals surface area contributed by atoms with Crippen LogP contribution in [0, 0.1) is 0 Å². The van der Waals surface area contributed by atoms with Crippen molar-refractivity contribution < 1.29 is 14.6 Å². The summed E-state index contributed by atoms with van der Waals surface area (Å²) in [5.74, 6) is -0.283. The molecular weight excluding hydrogens is 336 g/mol. The lowest BCUT2D eigenvalue weighted by molar-refractivity contribution is -0.131. The van der Waals surface area contributed by atoms with Crippen molar-refractivity contribution in [3.05, 3.63) is 52.3 Å². The van der Waals surface area contributed by atoms with E-state index >= 15 is 0 Å². The number of carboxylic acids is 1. The van der Waals surface area contributed by atoms with Gasteiger partial charge in [-0.3, -0.25) is 4.68 Å². The predicted octanol–water partition coefficient (Wildman–Crippen LogP) is 2.90. The number of rotatable bonds is 6. The third kappa shape index (κ3) is 4.46. The molecule has 0 unspecified atom stereocenters. The number of aromatic nitrogens is 2. The van der Waals surface area contributed by atoms with Crippen molar-refractivity contribution >= 4 is 28.0 Å². The molecule has 2 aromatic rings. The highest BCUT2D eigenvalue weighted by Gasteiger charge is 2.03. The van der Waals surface area contributed by atoms with Crippen LogP contribution in [0.25, 0.3) is 6.08 Å². The fourth-order valence-corrected chi connectivity index (χ4v) is 2.20. The van der Waals surface area contributed by atoms with E-state index in [2.05, 4.69) is 21.0 Å². The molecule has 0 aliphatic heterocycles. The number of hydrogen-bond acceptors (Lipinski definition) is 3. The van der Waals surface area contributed by atoms with Crippen molar-refractivity contribution in [2.24, 2.45) is 7.05 Å². The molecule has 2 rings (SSSR count). The summed E-state index contributed by atoms with van der Waals surface area (Å²) in [5, 5.41) is 12.8. The standard InChI is InChI=1S/C15H15BrN2O3/c1-18-12(6-8-17-18)7-9-21-13-3-4-14(16)11(10-13)2-5-15(19)20/h2-6,8,10H,7,9H2,1H3,(H,19,20)/b5-2+. The van der Waals surface area contributed by atoms with Crippen LogP contribution in [-0.2, 0) is 18.3 Å². The topological polar surface area (TPSA) is 64.4 Å². The molecule has 21 heavy (non-hydrogen) atoms. The summed E-state index contributed by atoms with van der Waals surface area (Å²) >= 11 is 3.38. The summed E-state index contributed by atoms with van der Waals surface area (Å²) in [7, 11) is 1.89. The predicted molar refractivity (Wildman–Crippen MR) is 83.2 cm³/mol. The fourth-order valence-electron chi connectivity index (χ4n) is 1.82. The average Bonchev–Trinajstić information content (AvgIpc) is 2.84. The lowest BCUT2D eigenvalue weighted by atomic mass is 10.2. The highest BCUT2D eigenvalue weighted by atomic mass is 79.9. The van der Waals surface area contributed by atoms with Crippen molar-refractivity contribution in [1.29, 1.82) is 0 Å². The van der Waals surface area contributed by atoms with Crippen molar-refractivity contribution in [2.75, 3.05) is 6.61 Å². The van der Waals surface area contributed by atoms with Crippen LogP contribution in [0.5, 0.6) is 5.75 Å². The van der Waals surface area contributed by atoms with E-state index in [0.717, 1.165) is 28.2 Å². The molecule has 5 nitrogen and oxygen atoms in total. The first-order valence-corrected chi connectivity index (χ1v) is 7.16. The zero-order valence-corrected chi connectivity index (χ0v) is 13.1. The van der Waals surface area contributed by atoms with Crippen LogP contribution in [0.1, 0.15) is 11.3 Å². The molecule has 1 aromatic heterocycles. The largest absolute Gasteiger partial charge is 0.493 e. The Morgan fingerprint density at radius 2 is 2.29 bits per heavy atom. The first-order chi connectivity index (χ1) is 10.1. The van der Waals surface area contributed by atoms with E-state index in [9.17, 15) is 4.79 Å². The molecule has 1 aromatic carbocycles. The Morgan fingerprint density at radius 1 is 1.48 bits per heavy atom. The number of aryl methyl sites for hydroxylation is 1. The number of carbonyl (C=O) groups is 1. The number of halogens is 1. The maximum absolute atomic E-state index is 10.6. The van der Waals surface area contributed by atoms with Gasteiger partial charge in [0.05, 0.1) is 6.61 Å². The minimum Gasteiger partial charge on any atom is -0.493 e. The monoisotopic (exact) mass is 350 g/mol. The number of nitrogens with zero attached hydrogens (tertiary/aromatic N) is 2. The van der Waals surface area contributed by atoms with Crippen molar-refractivity contribution in [2.45, 2.75) is 6.42 Å². The molecule has 0 spiro atoms. The summed E-state index contributed by atoms with van der Waals surface area (Å²) in [6, 6.07) is 7.42. The summed E-state index contributed by atoms with van der Waals surface area (Å²) in [5.41, 5.74) is 1.86. The number of hydrogen-bond donors (Lipinski definition) is 1. The maximum Gasteiger partial charge on any atom is 0.328 e. The van der Waals surface area contributed by atoms with Gasteiger partial charge in [0.25, 0.3) is 0 Å². The van der Waals surface area contributed by atoms with Gasteiger partial charge in [-0.15, -0.1) is 0 Å². The molecular formula is C15H15BrN2O3.